The topological polar surface area (TPSA) is 80.4 Å². The number of ether oxygens (including phenoxy) is 2. The number of rotatable bonds is 9. The van der Waals surface area contributed by atoms with Crippen LogP contribution in [-0.2, 0) is 9.47 Å². The molecule has 1 aromatic carbocycles. The molecular formula is C13H21N3O2. The van der Waals surface area contributed by atoms with Crippen molar-refractivity contribution in [3.05, 3.63) is 23.8 Å². The summed E-state index contributed by atoms with van der Waals surface area (Å²) in [6, 6.07) is 5.54. The van der Waals surface area contributed by atoms with Crippen molar-refractivity contribution in [2.24, 2.45) is 0 Å². The fourth-order valence-corrected chi connectivity index (χ4v) is 1.52. The van der Waals surface area contributed by atoms with E-state index in [9.17, 15) is 0 Å². The number of anilines is 2. The summed E-state index contributed by atoms with van der Waals surface area (Å²) in [4.78, 5) is 0. The van der Waals surface area contributed by atoms with Crippen molar-refractivity contribution >= 4 is 17.6 Å². The Balaban J connectivity index is 2.27. The van der Waals surface area contributed by atoms with Gasteiger partial charge in [-0.2, -0.15) is 0 Å². The minimum atomic E-state index is 0.597. The van der Waals surface area contributed by atoms with Crippen LogP contribution in [0.4, 0.5) is 11.4 Å². The second kappa shape index (κ2) is 8.49. The van der Waals surface area contributed by atoms with Gasteiger partial charge in [-0.15, -0.1) is 0 Å². The Morgan fingerprint density at radius 2 is 2.06 bits per heavy atom. The van der Waals surface area contributed by atoms with Gasteiger partial charge in [0.2, 0.25) is 0 Å². The van der Waals surface area contributed by atoms with Gasteiger partial charge in [-0.25, -0.2) is 0 Å². The van der Waals surface area contributed by atoms with Crippen molar-refractivity contribution in [1.29, 1.82) is 5.41 Å². The zero-order valence-electron chi connectivity index (χ0n) is 10.7. The molecule has 0 aromatic heterocycles. The third-order valence-electron chi connectivity index (χ3n) is 2.42. The molecule has 0 atom stereocenters. The van der Waals surface area contributed by atoms with E-state index in [1.165, 1.54) is 6.21 Å². The highest BCUT2D eigenvalue weighted by atomic mass is 16.5. The van der Waals surface area contributed by atoms with Crippen molar-refractivity contribution in [1.82, 2.24) is 0 Å². The van der Waals surface area contributed by atoms with Crippen LogP contribution in [0.5, 0.6) is 0 Å². The quantitative estimate of drug-likeness (QED) is 0.355. The van der Waals surface area contributed by atoms with Crippen LogP contribution in [0.3, 0.4) is 0 Å². The van der Waals surface area contributed by atoms with Crippen LogP contribution in [0.2, 0.25) is 0 Å². The van der Waals surface area contributed by atoms with E-state index in [1.54, 1.807) is 6.07 Å². The molecule has 0 aliphatic heterocycles. The van der Waals surface area contributed by atoms with Crippen LogP contribution < -0.4 is 11.1 Å². The van der Waals surface area contributed by atoms with Gasteiger partial charge in [-0.3, -0.25) is 0 Å². The van der Waals surface area contributed by atoms with Crippen molar-refractivity contribution in [3.8, 4) is 0 Å². The standard InChI is InChI=1S/C13H21N3O2/c1-2-17-8-9-18-7-6-16-13-5-3-4-12(15)11(13)10-14/h3-5,10,14,16H,2,6-9,15H2,1H3. The fourth-order valence-electron chi connectivity index (χ4n) is 1.52. The molecule has 18 heavy (non-hydrogen) atoms. The van der Waals surface area contributed by atoms with E-state index >= 15 is 0 Å². The zero-order valence-corrected chi connectivity index (χ0v) is 10.7. The maximum atomic E-state index is 7.33. The normalized spacial score (nSPS) is 10.3. The van der Waals surface area contributed by atoms with Crippen molar-refractivity contribution in [2.45, 2.75) is 6.92 Å². The molecule has 1 rings (SSSR count). The van der Waals surface area contributed by atoms with Gasteiger partial charge in [0.15, 0.2) is 0 Å². The SMILES string of the molecule is CCOCCOCCNc1cccc(N)c1C=N. The number of hydrogen-bond acceptors (Lipinski definition) is 5. The number of nitrogen functional groups attached to an aromatic ring is 1. The van der Waals surface area contributed by atoms with Crippen LogP contribution >= 0.6 is 0 Å². The lowest BCUT2D eigenvalue weighted by atomic mass is 10.1. The van der Waals surface area contributed by atoms with Gasteiger partial charge in [-0.1, -0.05) is 6.07 Å². The van der Waals surface area contributed by atoms with E-state index in [4.69, 9.17) is 20.6 Å². The van der Waals surface area contributed by atoms with Crippen molar-refractivity contribution < 1.29 is 9.47 Å². The van der Waals surface area contributed by atoms with Gasteiger partial charge in [-0.05, 0) is 19.1 Å². The molecule has 4 N–H and O–H groups in total. The highest BCUT2D eigenvalue weighted by molar-refractivity contribution is 5.92. The van der Waals surface area contributed by atoms with Crippen molar-refractivity contribution in [2.75, 3.05) is 44.0 Å². The molecule has 0 aliphatic rings. The predicted octanol–water partition coefficient (Wildman–Crippen LogP) is 1.73. The van der Waals surface area contributed by atoms with Gasteiger partial charge in [0, 0.05) is 36.3 Å². The molecule has 0 unspecified atom stereocenters. The van der Waals surface area contributed by atoms with E-state index in [1.807, 2.05) is 19.1 Å². The summed E-state index contributed by atoms with van der Waals surface area (Å²) in [5, 5.41) is 10.5. The first-order chi connectivity index (χ1) is 8.79. The summed E-state index contributed by atoms with van der Waals surface area (Å²) < 4.78 is 10.5. The molecule has 0 radical (unpaired) electrons. The highest BCUT2D eigenvalue weighted by Crippen LogP contribution is 2.19. The lowest BCUT2D eigenvalue weighted by Crippen LogP contribution is -2.13. The first-order valence-corrected chi connectivity index (χ1v) is 6.08. The molecule has 0 amide bonds. The first kappa shape index (κ1) is 14.5. The number of benzene rings is 1. The van der Waals surface area contributed by atoms with E-state index in [0.29, 0.717) is 44.2 Å². The summed E-state index contributed by atoms with van der Waals surface area (Å²) in [7, 11) is 0. The molecule has 0 spiro atoms. The molecule has 0 bridgehead atoms. The highest BCUT2D eigenvalue weighted by Gasteiger charge is 2.02. The Bertz CT molecular complexity index is 369. The summed E-state index contributed by atoms with van der Waals surface area (Å²) in [5.41, 5.74) is 7.96. The summed E-state index contributed by atoms with van der Waals surface area (Å²) >= 11 is 0. The number of hydrogen-bond donors (Lipinski definition) is 3. The molecule has 0 saturated heterocycles. The summed E-state index contributed by atoms with van der Waals surface area (Å²) in [6.45, 7) is 5.17. The van der Waals surface area contributed by atoms with Gasteiger partial charge in [0.05, 0.1) is 19.8 Å². The van der Waals surface area contributed by atoms with E-state index in [-0.39, 0.29) is 0 Å². The van der Waals surface area contributed by atoms with E-state index < -0.39 is 0 Å². The third kappa shape index (κ3) is 4.73. The van der Waals surface area contributed by atoms with Crippen LogP contribution in [0, 0.1) is 5.41 Å². The molecule has 5 heteroatoms. The fraction of sp³-hybridized carbons (Fsp3) is 0.462. The number of nitrogens with one attached hydrogen (secondary N) is 2. The van der Waals surface area contributed by atoms with Crippen LogP contribution in [0.15, 0.2) is 18.2 Å². The monoisotopic (exact) mass is 251 g/mol. The number of nitrogens with two attached hydrogens (primary N) is 1. The molecule has 5 nitrogen and oxygen atoms in total. The van der Waals surface area contributed by atoms with E-state index in [2.05, 4.69) is 5.32 Å². The smallest absolute Gasteiger partial charge is 0.0701 e. The lowest BCUT2D eigenvalue weighted by molar-refractivity contribution is 0.0570. The molecule has 1 aromatic rings. The maximum Gasteiger partial charge on any atom is 0.0701 e. The largest absolute Gasteiger partial charge is 0.398 e. The summed E-state index contributed by atoms with van der Waals surface area (Å²) in [5.74, 6) is 0. The second-order valence-corrected chi connectivity index (χ2v) is 3.69. The van der Waals surface area contributed by atoms with Crippen LogP contribution in [0.1, 0.15) is 12.5 Å². The Morgan fingerprint density at radius 3 is 2.78 bits per heavy atom. The van der Waals surface area contributed by atoms with Gasteiger partial charge in [0.1, 0.15) is 0 Å². The average Bonchev–Trinajstić information content (AvgIpc) is 2.38. The lowest BCUT2D eigenvalue weighted by Gasteiger charge is -2.11. The van der Waals surface area contributed by atoms with Gasteiger partial charge < -0.3 is 25.9 Å². The third-order valence-corrected chi connectivity index (χ3v) is 2.42. The van der Waals surface area contributed by atoms with Crippen molar-refractivity contribution in [3.63, 3.8) is 0 Å². The Morgan fingerprint density at radius 1 is 1.28 bits per heavy atom. The Kier molecular flexibility index (Phi) is 6.83. The zero-order chi connectivity index (χ0) is 13.2. The minimum absolute atomic E-state index is 0.597. The summed E-state index contributed by atoms with van der Waals surface area (Å²) in [6.07, 6.45) is 1.26. The van der Waals surface area contributed by atoms with Crippen LogP contribution in [0.25, 0.3) is 0 Å². The van der Waals surface area contributed by atoms with E-state index in [0.717, 1.165) is 5.69 Å². The molecule has 0 aliphatic carbocycles. The Hall–Kier alpha value is -1.59. The minimum Gasteiger partial charge on any atom is -0.398 e. The Labute approximate surface area is 108 Å². The molecule has 0 heterocycles. The second-order valence-electron chi connectivity index (χ2n) is 3.69. The average molecular weight is 251 g/mol. The molecular weight excluding hydrogens is 230 g/mol. The van der Waals surface area contributed by atoms with Gasteiger partial charge in [0.25, 0.3) is 0 Å². The molecule has 100 valence electrons. The predicted molar refractivity (Wildman–Crippen MR) is 74.5 cm³/mol. The van der Waals surface area contributed by atoms with Gasteiger partial charge >= 0.3 is 0 Å². The molecule has 0 fully saturated rings. The first-order valence-electron chi connectivity index (χ1n) is 6.08. The van der Waals surface area contributed by atoms with Crippen LogP contribution in [-0.4, -0.2) is 39.2 Å². The molecule has 0 saturated carbocycles. The maximum absolute atomic E-state index is 7.33.